The summed E-state index contributed by atoms with van der Waals surface area (Å²) in [5.41, 5.74) is 25.4. The quantitative estimate of drug-likeness (QED) is 0.121. The van der Waals surface area contributed by atoms with Crippen molar-refractivity contribution in [1.82, 2.24) is 39.0 Å². The summed E-state index contributed by atoms with van der Waals surface area (Å²) < 4.78 is 4.81. The lowest BCUT2D eigenvalue weighted by molar-refractivity contribution is 1.06. The zero-order valence-corrected chi connectivity index (χ0v) is 53.4. The van der Waals surface area contributed by atoms with E-state index in [2.05, 4.69) is 267 Å². The molecule has 17 rings (SSSR count). The van der Waals surface area contributed by atoms with E-state index in [1.54, 1.807) is 0 Å². The number of fused-ring (bicyclic) bond motifs is 6. The summed E-state index contributed by atoms with van der Waals surface area (Å²) in [5, 5.41) is 4.61. The minimum Gasteiger partial charge on any atom is -0.308 e. The van der Waals surface area contributed by atoms with Crippen molar-refractivity contribution in [3.63, 3.8) is 0 Å². The van der Waals surface area contributed by atoms with E-state index in [0.717, 1.165) is 111 Å². The van der Waals surface area contributed by atoms with E-state index in [4.69, 9.17) is 29.9 Å². The molecule has 96 heavy (non-hydrogen) atoms. The van der Waals surface area contributed by atoms with Crippen molar-refractivity contribution in [3.05, 3.63) is 326 Å². The van der Waals surface area contributed by atoms with E-state index in [9.17, 15) is 0 Å². The maximum atomic E-state index is 5.37. The molecule has 0 radical (unpaired) electrons. The Morgan fingerprint density at radius 1 is 0.198 bits per heavy atom. The Morgan fingerprint density at radius 3 is 0.875 bits per heavy atom. The van der Waals surface area contributed by atoms with Crippen LogP contribution in [0.25, 0.3) is 168 Å². The van der Waals surface area contributed by atoms with Crippen LogP contribution in [0.3, 0.4) is 0 Å². The molecule has 0 spiro atoms. The molecule has 4 heterocycles. The summed E-state index contributed by atoms with van der Waals surface area (Å²) in [6, 6.07) is 108. The molecule has 0 aliphatic carbocycles. The van der Waals surface area contributed by atoms with Crippen LogP contribution in [-0.4, -0.2) is 39.0 Å². The normalized spacial score (nSPS) is 11.5. The van der Waals surface area contributed by atoms with Gasteiger partial charge in [-0.05, 0) is 150 Å². The van der Waals surface area contributed by atoms with Gasteiger partial charge < -0.3 is 9.13 Å². The topological polar surface area (TPSA) is 87.2 Å². The molecule has 454 valence electrons. The average Bonchev–Trinajstić information content (AvgIpc) is 1.57. The van der Waals surface area contributed by atoms with E-state index in [0.29, 0.717) is 34.9 Å². The first-order chi connectivity index (χ1) is 47.2. The Balaban J connectivity index is 0.875. The maximum Gasteiger partial charge on any atom is 0.166 e. The Bertz CT molecular complexity index is 5400. The third kappa shape index (κ3) is 10.4. The van der Waals surface area contributed by atoms with Gasteiger partial charge in [0, 0.05) is 54.9 Å². The molecule has 0 fully saturated rings. The number of hydrogen-bond acceptors (Lipinski definition) is 6. The van der Waals surface area contributed by atoms with E-state index >= 15 is 0 Å². The maximum absolute atomic E-state index is 5.37. The largest absolute Gasteiger partial charge is 0.308 e. The lowest BCUT2D eigenvalue weighted by Crippen LogP contribution is -2.04. The van der Waals surface area contributed by atoms with Crippen LogP contribution in [-0.2, 0) is 0 Å². The summed E-state index contributed by atoms with van der Waals surface area (Å²) >= 11 is 0. The van der Waals surface area contributed by atoms with Gasteiger partial charge >= 0.3 is 0 Å². The molecule has 0 saturated carbocycles. The number of rotatable bonds is 12. The fourth-order valence-electron chi connectivity index (χ4n) is 14.0. The number of para-hydroxylation sites is 2. The highest BCUT2D eigenvalue weighted by Gasteiger charge is 2.24. The van der Waals surface area contributed by atoms with Crippen molar-refractivity contribution in [1.29, 1.82) is 0 Å². The molecular formula is C88H62N8. The number of aromatic nitrogens is 8. The van der Waals surface area contributed by atoms with Gasteiger partial charge in [-0.15, -0.1) is 0 Å². The Kier molecular flexibility index (Phi) is 14.3. The van der Waals surface area contributed by atoms with Gasteiger partial charge in [-0.25, -0.2) is 29.9 Å². The van der Waals surface area contributed by atoms with E-state index in [1.807, 2.05) is 72.8 Å². The van der Waals surface area contributed by atoms with Gasteiger partial charge in [0.2, 0.25) is 0 Å². The van der Waals surface area contributed by atoms with Gasteiger partial charge in [0.05, 0.1) is 33.4 Å². The van der Waals surface area contributed by atoms with Crippen LogP contribution in [0.4, 0.5) is 0 Å². The third-order valence-corrected chi connectivity index (χ3v) is 18.6. The highest BCUT2D eigenvalue weighted by Crippen LogP contribution is 2.44. The Morgan fingerprint density at radius 2 is 0.500 bits per heavy atom. The predicted octanol–water partition coefficient (Wildman–Crippen LogP) is 22.2. The third-order valence-electron chi connectivity index (χ3n) is 18.6. The second-order valence-corrected chi connectivity index (χ2v) is 24.9. The van der Waals surface area contributed by atoms with Gasteiger partial charge in [-0.3, -0.25) is 0 Å². The SMILES string of the molecule is Cc1ccc(-c2ccc3c(c2)c2ccccc2n3-c2cc(-c3cccc(-c4ccc(-c5nc(-c6ccccc6)nc(-c6ccccc6)n5)c(-n5c6ccccc6c6cc(-c7ccc(C)cc7C)ccc65)c4)c3)ccc2-c2nc(-c3ccccc3)nc(-c3ccccc3)n2)c(C)c1. The zero-order chi connectivity index (χ0) is 64.4. The van der Waals surface area contributed by atoms with Gasteiger partial charge in [-0.2, -0.15) is 0 Å². The van der Waals surface area contributed by atoms with Crippen LogP contribution in [0.15, 0.2) is 303 Å². The summed E-state index contributed by atoms with van der Waals surface area (Å²) in [6.07, 6.45) is 0. The van der Waals surface area contributed by atoms with Crippen molar-refractivity contribution in [2.24, 2.45) is 0 Å². The van der Waals surface area contributed by atoms with Crippen molar-refractivity contribution in [2.75, 3.05) is 0 Å². The summed E-state index contributed by atoms with van der Waals surface area (Å²) in [5.74, 6) is 3.53. The smallest absolute Gasteiger partial charge is 0.166 e. The number of aryl methyl sites for hydroxylation is 4. The van der Waals surface area contributed by atoms with Crippen LogP contribution in [0, 0.1) is 27.7 Å². The highest BCUT2D eigenvalue weighted by molar-refractivity contribution is 6.12. The number of hydrogen-bond donors (Lipinski definition) is 0. The molecule has 0 atom stereocenters. The molecule has 17 aromatic rings. The molecule has 0 saturated heterocycles. The van der Waals surface area contributed by atoms with Gasteiger partial charge in [0.25, 0.3) is 0 Å². The average molecular weight is 1230 g/mol. The molecule has 13 aromatic carbocycles. The summed E-state index contributed by atoms with van der Waals surface area (Å²) in [6.45, 7) is 8.71. The second kappa shape index (κ2) is 23.9. The van der Waals surface area contributed by atoms with Crippen LogP contribution < -0.4 is 0 Å². The highest BCUT2D eigenvalue weighted by atomic mass is 15.1. The monoisotopic (exact) mass is 1230 g/mol. The van der Waals surface area contributed by atoms with E-state index in [1.165, 1.54) is 44.5 Å². The number of benzene rings is 13. The first-order valence-electron chi connectivity index (χ1n) is 32.6. The van der Waals surface area contributed by atoms with Crippen LogP contribution >= 0.6 is 0 Å². The molecule has 0 bridgehead atoms. The minimum absolute atomic E-state index is 0.569. The standard InChI is InChI=1S/C88H62N8/c1-55-36-42-69(57(3)48-55)67-40-46-79-75(51-67)71-32-17-19-34-77(71)95(79)81-53-65(38-44-73(81)87-91-83(59-22-9-5-10-23-59)89-84(92-87)60-24-11-6-12-25-60)63-30-21-31-64(50-63)66-39-45-74(88-93-85(61-26-13-7-14-27-61)90-86(94-88)62-28-15-8-16-29-62)82(54-66)96-78-35-20-18-33-72(78)76-52-68(41-47-80(76)96)70-43-37-56(2)49-58(70)4/h5-54H,1-4H3. The van der Waals surface area contributed by atoms with Crippen LogP contribution in [0.5, 0.6) is 0 Å². The lowest BCUT2D eigenvalue weighted by atomic mass is 9.96. The zero-order valence-electron chi connectivity index (χ0n) is 53.4. The molecule has 4 aromatic heterocycles. The minimum atomic E-state index is 0.569. The summed E-state index contributed by atoms with van der Waals surface area (Å²) in [4.78, 5) is 31.7. The van der Waals surface area contributed by atoms with Crippen LogP contribution in [0.1, 0.15) is 22.3 Å². The first kappa shape index (κ1) is 57.4. The Hall–Kier alpha value is -12.5. The first-order valence-corrected chi connectivity index (χ1v) is 32.6. The Labute approximate surface area is 556 Å². The lowest BCUT2D eigenvalue weighted by Gasteiger charge is -2.18. The van der Waals surface area contributed by atoms with Crippen molar-refractivity contribution >= 4 is 43.6 Å². The molecule has 0 N–H and O–H groups in total. The van der Waals surface area contributed by atoms with Crippen molar-refractivity contribution in [3.8, 4) is 124 Å². The fourth-order valence-corrected chi connectivity index (χ4v) is 14.0. The molecular weight excluding hydrogens is 1170 g/mol. The second-order valence-electron chi connectivity index (χ2n) is 24.9. The van der Waals surface area contributed by atoms with Crippen molar-refractivity contribution < 1.29 is 0 Å². The molecule has 0 aliphatic heterocycles. The fraction of sp³-hybridized carbons (Fsp3) is 0.0455. The van der Waals surface area contributed by atoms with E-state index in [-0.39, 0.29) is 0 Å². The summed E-state index contributed by atoms with van der Waals surface area (Å²) in [7, 11) is 0. The van der Waals surface area contributed by atoms with Gasteiger partial charge in [0.1, 0.15) is 0 Å². The van der Waals surface area contributed by atoms with E-state index < -0.39 is 0 Å². The van der Waals surface area contributed by atoms with Gasteiger partial charge in [-0.1, -0.05) is 248 Å². The molecule has 0 unspecified atom stereocenters. The molecule has 0 aliphatic rings. The number of nitrogens with zero attached hydrogens (tertiary/aromatic N) is 8. The van der Waals surface area contributed by atoms with Crippen LogP contribution in [0.2, 0.25) is 0 Å². The molecule has 0 amide bonds. The van der Waals surface area contributed by atoms with Crippen molar-refractivity contribution in [2.45, 2.75) is 27.7 Å². The van der Waals surface area contributed by atoms with Gasteiger partial charge in [0.15, 0.2) is 34.9 Å². The molecule has 8 nitrogen and oxygen atoms in total. The molecule has 8 heteroatoms. The predicted molar refractivity (Wildman–Crippen MR) is 395 cm³/mol.